The van der Waals surface area contributed by atoms with Crippen molar-refractivity contribution in [3.05, 3.63) is 0 Å². The van der Waals surface area contributed by atoms with Crippen molar-refractivity contribution in [1.82, 2.24) is 5.32 Å². The number of aliphatic carboxylic acids is 1. The van der Waals surface area contributed by atoms with E-state index >= 15 is 0 Å². The summed E-state index contributed by atoms with van der Waals surface area (Å²) in [4.78, 5) is 10.6. The Kier molecular flexibility index (Phi) is 2.74. The second kappa shape index (κ2) is 3.87. The Morgan fingerprint density at radius 1 is 1.50 bits per heavy atom. The van der Waals surface area contributed by atoms with Gasteiger partial charge in [-0.2, -0.15) is 0 Å². The molecule has 14 heavy (non-hydrogen) atoms. The van der Waals surface area contributed by atoms with E-state index < -0.39 is 5.97 Å². The van der Waals surface area contributed by atoms with Crippen molar-refractivity contribution < 1.29 is 14.6 Å². The molecule has 1 unspecified atom stereocenters. The molecule has 0 amide bonds. The van der Waals surface area contributed by atoms with Crippen LogP contribution in [0.4, 0.5) is 0 Å². The summed E-state index contributed by atoms with van der Waals surface area (Å²) in [5.41, 5.74) is -0.0433. The standard InChI is InChI=1S/C10H17NO3/c12-9(13)5-8-6-11-7-10(14-8)3-1-2-4-10/h8,11H,1-7H2,(H,12,13). The molecule has 2 N–H and O–H groups in total. The van der Waals surface area contributed by atoms with E-state index in [9.17, 15) is 4.79 Å². The summed E-state index contributed by atoms with van der Waals surface area (Å²) < 4.78 is 5.90. The summed E-state index contributed by atoms with van der Waals surface area (Å²) >= 11 is 0. The maximum atomic E-state index is 10.6. The molecule has 1 atom stereocenters. The first kappa shape index (κ1) is 9.93. The van der Waals surface area contributed by atoms with Gasteiger partial charge in [-0.25, -0.2) is 0 Å². The molecule has 0 aromatic carbocycles. The van der Waals surface area contributed by atoms with Crippen molar-refractivity contribution in [1.29, 1.82) is 0 Å². The topological polar surface area (TPSA) is 58.6 Å². The van der Waals surface area contributed by atoms with Crippen molar-refractivity contribution in [2.45, 2.75) is 43.8 Å². The zero-order chi connectivity index (χ0) is 10.0. The monoisotopic (exact) mass is 199 g/mol. The third-order valence-electron chi connectivity index (χ3n) is 3.15. The van der Waals surface area contributed by atoms with Crippen LogP contribution in [0.3, 0.4) is 0 Å². The highest BCUT2D eigenvalue weighted by Crippen LogP contribution is 2.35. The average molecular weight is 199 g/mol. The fourth-order valence-electron chi connectivity index (χ4n) is 2.52. The molecule has 1 aliphatic heterocycles. The minimum absolute atomic E-state index is 0.0433. The Morgan fingerprint density at radius 2 is 2.21 bits per heavy atom. The molecule has 0 bridgehead atoms. The number of morpholine rings is 1. The molecule has 2 rings (SSSR count). The SMILES string of the molecule is O=C(O)CC1CNCC2(CCCC2)O1. The van der Waals surface area contributed by atoms with Crippen LogP contribution in [0.5, 0.6) is 0 Å². The van der Waals surface area contributed by atoms with Gasteiger partial charge < -0.3 is 15.2 Å². The minimum atomic E-state index is -0.771. The quantitative estimate of drug-likeness (QED) is 0.689. The lowest BCUT2D eigenvalue weighted by molar-refractivity contribution is -0.149. The predicted octanol–water partition coefficient (Wildman–Crippen LogP) is 0.762. The first-order chi connectivity index (χ1) is 6.70. The van der Waals surface area contributed by atoms with E-state index in [1.807, 2.05) is 0 Å². The molecule has 0 aromatic heterocycles. The van der Waals surface area contributed by atoms with Crippen LogP contribution in [0.1, 0.15) is 32.1 Å². The van der Waals surface area contributed by atoms with Crippen LogP contribution in [0.25, 0.3) is 0 Å². The summed E-state index contributed by atoms with van der Waals surface area (Å²) in [5.74, 6) is -0.771. The molecule has 1 saturated heterocycles. The lowest BCUT2D eigenvalue weighted by Gasteiger charge is -2.38. The van der Waals surface area contributed by atoms with Gasteiger partial charge in [0.15, 0.2) is 0 Å². The van der Waals surface area contributed by atoms with Gasteiger partial charge in [0.1, 0.15) is 0 Å². The van der Waals surface area contributed by atoms with E-state index in [1.54, 1.807) is 0 Å². The highest BCUT2D eigenvalue weighted by atomic mass is 16.5. The molecular weight excluding hydrogens is 182 g/mol. The second-order valence-electron chi connectivity index (χ2n) is 4.36. The number of rotatable bonds is 2. The summed E-state index contributed by atoms with van der Waals surface area (Å²) in [7, 11) is 0. The van der Waals surface area contributed by atoms with Crippen LogP contribution in [-0.2, 0) is 9.53 Å². The number of carboxylic acids is 1. The smallest absolute Gasteiger partial charge is 0.306 e. The van der Waals surface area contributed by atoms with Crippen LogP contribution in [-0.4, -0.2) is 35.9 Å². The molecule has 2 fully saturated rings. The van der Waals surface area contributed by atoms with E-state index in [0.717, 1.165) is 19.4 Å². The third kappa shape index (κ3) is 2.07. The largest absolute Gasteiger partial charge is 0.481 e. The molecule has 0 radical (unpaired) electrons. The van der Waals surface area contributed by atoms with E-state index in [2.05, 4.69) is 5.32 Å². The number of hydrogen-bond donors (Lipinski definition) is 2. The Bertz CT molecular complexity index is 223. The van der Waals surface area contributed by atoms with Crippen molar-refractivity contribution >= 4 is 5.97 Å². The average Bonchev–Trinajstić information content (AvgIpc) is 2.52. The van der Waals surface area contributed by atoms with Crippen molar-refractivity contribution in [3.63, 3.8) is 0 Å². The Morgan fingerprint density at radius 3 is 2.86 bits per heavy atom. The van der Waals surface area contributed by atoms with Gasteiger partial charge in [-0.1, -0.05) is 12.8 Å². The Balaban J connectivity index is 1.93. The van der Waals surface area contributed by atoms with Crippen LogP contribution >= 0.6 is 0 Å². The van der Waals surface area contributed by atoms with Crippen molar-refractivity contribution in [2.24, 2.45) is 0 Å². The molecule has 80 valence electrons. The third-order valence-corrected chi connectivity index (χ3v) is 3.15. The molecule has 4 nitrogen and oxygen atoms in total. The fraction of sp³-hybridized carbons (Fsp3) is 0.900. The zero-order valence-corrected chi connectivity index (χ0v) is 8.29. The minimum Gasteiger partial charge on any atom is -0.481 e. The number of ether oxygens (including phenoxy) is 1. The summed E-state index contributed by atoms with van der Waals surface area (Å²) in [6.07, 6.45) is 4.56. The van der Waals surface area contributed by atoms with E-state index in [4.69, 9.17) is 9.84 Å². The van der Waals surface area contributed by atoms with Gasteiger partial charge >= 0.3 is 5.97 Å². The predicted molar refractivity (Wildman–Crippen MR) is 51.2 cm³/mol. The summed E-state index contributed by atoms with van der Waals surface area (Å²) in [6.45, 7) is 1.57. The molecule has 1 heterocycles. The van der Waals surface area contributed by atoms with Gasteiger partial charge in [0.25, 0.3) is 0 Å². The number of carbonyl (C=O) groups is 1. The van der Waals surface area contributed by atoms with Crippen molar-refractivity contribution in [3.8, 4) is 0 Å². The Hall–Kier alpha value is -0.610. The van der Waals surface area contributed by atoms with Gasteiger partial charge in [0.2, 0.25) is 0 Å². The van der Waals surface area contributed by atoms with Crippen LogP contribution in [0, 0.1) is 0 Å². The number of hydrogen-bond acceptors (Lipinski definition) is 3. The maximum absolute atomic E-state index is 10.6. The summed E-state index contributed by atoms with van der Waals surface area (Å²) in [5, 5.41) is 12.0. The fourth-order valence-corrected chi connectivity index (χ4v) is 2.52. The molecule has 1 aliphatic carbocycles. The highest BCUT2D eigenvalue weighted by Gasteiger charge is 2.39. The normalized spacial score (nSPS) is 30.7. The van der Waals surface area contributed by atoms with Crippen LogP contribution in [0.15, 0.2) is 0 Å². The van der Waals surface area contributed by atoms with Gasteiger partial charge in [-0.15, -0.1) is 0 Å². The molecule has 0 aromatic rings. The lowest BCUT2D eigenvalue weighted by atomic mass is 9.99. The second-order valence-corrected chi connectivity index (χ2v) is 4.36. The maximum Gasteiger partial charge on any atom is 0.306 e. The molecule has 1 spiro atoms. The van der Waals surface area contributed by atoms with E-state index in [-0.39, 0.29) is 18.1 Å². The Labute approximate surface area is 83.6 Å². The first-order valence-electron chi connectivity index (χ1n) is 5.31. The van der Waals surface area contributed by atoms with Gasteiger partial charge in [-0.05, 0) is 12.8 Å². The van der Waals surface area contributed by atoms with Gasteiger partial charge in [-0.3, -0.25) is 4.79 Å². The van der Waals surface area contributed by atoms with Crippen molar-refractivity contribution in [2.75, 3.05) is 13.1 Å². The number of nitrogens with one attached hydrogen (secondary N) is 1. The highest BCUT2D eigenvalue weighted by molar-refractivity contribution is 5.67. The van der Waals surface area contributed by atoms with Gasteiger partial charge in [0.05, 0.1) is 18.1 Å². The molecule has 1 saturated carbocycles. The van der Waals surface area contributed by atoms with E-state index in [0.29, 0.717) is 6.54 Å². The van der Waals surface area contributed by atoms with Crippen LogP contribution in [0.2, 0.25) is 0 Å². The first-order valence-corrected chi connectivity index (χ1v) is 5.31. The zero-order valence-electron chi connectivity index (χ0n) is 8.29. The number of carboxylic acid groups (broad SMARTS) is 1. The van der Waals surface area contributed by atoms with E-state index in [1.165, 1.54) is 12.8 Å². The molecule has 4 heteroatoms. The lowest BCUT2D eigenvalue weighted by Crippen LogP contribution is -2.52. The summed E-state index contributed by atoms with van der Waals surface area (Å²) in [6, 6.07) is 0. The van der Waals surface area contributed by atoms with Gasteiger partial charge in [0, 0.05) is 13.1 Å². The molecular formula is C10H17NO3. The van der Waals surface area contributed by atoms with Crippen LogP contribution < -0.4 is 5.32 Å². The molecule has 2 aliphatic rings.